The van der Waals surface area contributed by atoms with Gasteiger partial charge in [0.25, 0.3) is 5.56 Å². The predicted octanol–water partition coefficient (Wildman–Crippen LogP) is 3.24. The Morgan fingerprint density at radius 2 is 2.00 bits per heavy atom. The molecule has 0 bridgehead atoms. The van der Waals surface area contributed by atoms with Crippen LogP contribution in [-0.2, 0) is 12.8 Å². The Hall–Kier alpha value is -2.24. The number of nitrogens with one attached hydrogen (secondary N) is 1. The Morgan fingerprint density at radius 3 is 2.77 bits per heavy atom. The number of aromatic nitrogens is 4. The van der Waals surface area contributed by atoms with E-state index >= 15 is 0 Å². The zero-order valence-electron chi connectivity index (χ0n) is 15.6. The van der Waals surface area contributed by atoms with Gasteiger partial charge in [0.1, 0.15) is 11.6 Å². The number of aryl methyl sites for hydroxylation is 2. The van der Waals surface area contributed by atoms with Crippen LogP contribution in [0.2, 0.25) is 0 Å². The molecular formula is C20H27N5O. The first kappa shape index (κ1) is 17.2. The number of fused-ring (bicyclic) bond motifs is 1. The van der Waals surface area contributed by atoms with E-state index in [-0.39, 0.29) is 11.6 Å². The van der Waals surface area contributed by atoms with Crippen molar-refractivity contribution in [2.45, 2.75) is 76.8 Å². The SMILES string of the molecule is CC(C)c1nccc(NC2CCC(n3nc4c(cc3=O)CCC4)CC2)n1. The summed E-state index contributed by atoms with van der Waals surface area (Å²) in [5.41, 5.74) is 2.36. The van der Waals surface area contributed by atoms with Gasteiger partial charge in [-0.05, 0) is 56.6 Å². The smallest absolute Gasteiger partial charge is 0.267 e. The molecule has 1 saturated carbocycles. The molecule has 0 unspecified atom stereocenters. The molecule has 26 heavy (non-hydrogen) atoms. The molecule has 2 aromatic heterocycles. The molecule has 2 aromatic rings. The average molecular weight is 353 g/mol. The van der Waals surface area contributed by atoms with E-state index in [9.17, 15) is 4.79 Å². The van der Waals surface area contributed by atoms with Crippen LogP contribution >= 0.6 is 0 Å². The van der Waals surface area contributed by atoms with Crippen LogP contribution in [-0.4, -0.2) is 25.8 Å². The molecule has 0 aliphatic heterocycles. The van der Waals surface area contributed by atoms with Crippen molar-refractivity contribution in [2.24, 2.45) is 0 Å². The van der Waals surface area contributed by atoms with Gasteiger partial charge >= 0.3 is 0 Å². The van der Waals surface area contributed by atoms with Gasteiger partial charge in [0.05, 0.1) is 11.7 Å². The first-order valence-corrected chi connectivity index (χ1v) is 9.81. The van der Waals surface area contributed by atoms with E-state index in [0.29, 0.717) is 12.0 Å². The maximum absolute atomic E-state index is 12.4. The fourth-order valence-electron chi connectivity index (χ4n) is 4.08. The molecule has 4 rings (SSSR count). The highest BCUT2D eigenvalue weighted by Crippen LogP contribution is 2.29. The van der Waals surface area contributed by atoms with Crippen molar-refractivity contribution in [3.05, 3.63) is 45.8 Å². The molecule has 0 saturated heterocycles. The zero-order valence-corrected chi connectivity index (χ0v) is 15.6. The van der Waals surface area contributed by atoms with Gasteiger partial charge in [-0.15, -0.1) is 0 Å². The molecule has 6 heteroatoms. The summed E-state index contributed by atoms with van der Waals surface area (Å²) in [6.07, 6.45) is 8.97. The summed E-state index contributed by atoms with van der Waals surface area (Å²) in [6.45, 7) is 4.21. The molecule has 1 N–H and O–H groups in total. The summed E-state index contributed by atoms with van der Waals surface area (Å²) in [5, 5.41) is 8.23. The third kappa shape index (κ3) is 3.50. The largest absolute Gasteiger partial charge is 0.367 e. The van der Waals surface area contributed by atoms with E-state index in [0.717, 1.165) is 67.8 Å². The number of hydrogen-bond acceptors (Lipinski definition) is 5. The first-order valence-electron chi connectivity index (χ1n) is 9.81. The zero-order chi connectivity index (χ0) is 18.1. The van der Waals surface area contributed by atoms with E-state index in [1.165, 1.54) is 0 Å². The van der Waals surface area contributed by atoms with Crippen molar-refractivity contribution < 1.29 is 0 Å². The standard InChI is InChI=1S/C20H27N5O/c1-13(2)20-21-11-10-18(23-20)22-15-6-8-16(9-7-15)25-19(26)12-14-4-3-5-17(14)24-25/h10-13,15-16H,3-9H2,1-2H3,(H,21,22,23). The highest BCUT2D eigenvalue weighted by atomic mass is 16.1. The average Bonchev–Trinajstić information content (AvgIpc) is 3.09. The van der Waals surface area contributed by atoms with Gasteiger partial charge in [0.2, 0.25) is 0 Å². The van der Waals surface area contributed by atoms with E-state index in [2.05, 4.69) is 34.2 Å². The molecule has 2 heterocycles. The predicted molar refractivity (Wildman–Crippen MR) is 102 cm³/mol. The minimum absolute atomic E-state index is 0.0689. The lowest BCUT2D eigenvalue weighted by molar-refractivity contribution is 0.301. The summed E-state index contributed by atoms with van der Waals surface area (Å²) >= 11 is 0. The molecule has 0 spiro atoms. The molecule has 2 aliphatic rings. The van der Waals surface area contributed by atoms with Crippen LogP contribution in [0.3, 0.4) is 0 Å². The fourth-order valence-corrected chi connectivity index (χ4v) is 4.08. The summed E-state index contributed by atoms with van der Waals surface area (Å²) in [6, 6.07) is 4.37. The number of hydrogen-bond donors (Lipinski definition) is 1. The van der Waals surface area contributed by atoms with Gasteiger partial charge in [-0.1, -0.05) is 13.8 Å². The van der Waals surface area contributed by atoms with Gasteiger partial charge in [0, 0.05) is 24.2 Å². The quantitative estimate of drug-likeness (QED) is 0.913. The van der Waals surface area contributed by atoms with Gasteiger partial charge < -0.3 is 5.32 Å². The lowest BCUT2D eigenvalue weighted by Gasteiger charge is -2.30. The van der Waals surface area contributed by atoms with Crippen LogP contribution in [0.5, 0.6) is 0 Å². The van der Waals surface area contributed by atoms with Crippen molar-refractivity contribution >= 4 is 5.82 Å². The molecular weight excluding hydrogens is 326 g/mol. The second-order valence-electron chi connectivity index (χ2n) is 7.86. The van der Waals surface area contributed by atoms with Crippen LogP contribution in [0.1, 0.15) is 75.0 Å². The lowest BCUT2D eigenvalue weighted by Crippen LogP contribution is -2.34. The molecule has 0 amide bonds. The molecule has 138 valence electrons. The van der Waals surface area contributed by atoms with Crippen molar-refractivity contribution in [1.29, 1.82) is 0 Å². The van der Waals surface area contributed by atoms with Crippen LogP contribution in [0.15, 0.2) is 23.1 Å². The van der Waals surface area contributed by atoms with E-state index in [4.69, 9.17) is 0 Å². The van der Waals surface area contributed by atoms with Crippen LogP contribution < -0.4 is 10.9 Å². The van der Waals surface area contributed by atoms with Gasteiger partial charge in [-0.25, -0.2) is 14.6 Å². The topological polar surface area (TPSA) is 72.7 Å². The normalized spacial score (nSPS) is 22.4. The minimum atomic E-state index is 0.0689. The van der Waals surface area contributed by atoms with Crippen LogP contribution in [0, 0.1) is 0 Å². The Labute approximate surface area is 154 Å². The third-order valence-corrected chi connectivity index (χ3v) is 5.57. The van der Waals surface area contributed by atoms with Crippen molar-refractivity contribution in [1.82, 2.24) is 19.7 Å². The van der Waals surface area contributed by atoms with E-state index in [1.807, 2.05) is 18.3 Å². The highest BCUT2D eigenvalue weighted by molar-refractivity contribution is 5.34. The molecule has 0 radical (unpaired) electrons. The van der Waals surface area contributed by atoms with Crippen LogP contribution in [0.25, 0.3) is 0 Å². The Bertz CT molecular complexity index is 836. The second-order valence-corrected chi connectivity index (χ2v) is 7.86. The van der Waals surface area contributed by atoms with Gasteiger partial charge in [-0.2, -0.15) is 5.10 Å². The summed E-state index contributed by atoms with van der Waals surface area (Å²) in [7, 11) is 0. The van der Waals surface area contributed by atoms with Gasteiger partial charge in [-0.3, -0.25) is 4.79 Å². The molecule has 1 fully saturated rings. The number of rotatable bonds is 4. The second kappa shape index (κ2) is 7.17. The monoisotopic (exact) mass is 353 g/mol. The molecule has 6 nitrogen and oxygen atoms in total. The van der Waals surface area contributed by atoms with Gasteiger partial charge in [0.15, 0.2) is 0 Å². The molecule has 0 aromatic carbocycles. The Balaban J connectivity index is 1.40. The molecule has 0 atom stereocenters. The minimum Gasteiger partial charge on any atom is -0.367 e. The summed E-state index contributed by atoms with van der Waals surface area (Å²) in [5.74, 6) is 2.10. The summed E-state index contributed by atoms with van der Waals surface area (Å²) < 4.78 is 1.75. The van der Waals surface area contributed by atoms with Crippen molar-refractivity contribution in [3.63, 3.8) is 0 Å². The van der Waals surface area contributed by atoms with E-state index < -0.39 is 0 Å². The maximum Gasteiger partial charge on any atom is 0.267 e. The Morgan fingerprint density at radius 1 is 1.19 bits per heavy atom. The number of nitrogens with zero attached hydrogens (tertiary/aromatic N) is 4. The molecule has 2 aliphatic carbocycles. The first-order chi connectivity index (χ1) is 12.6. The number of anilines is 1. The van der Waals surface area contributed by atoms with Crippen molar-refractivity contribution in [3.8, 4) is 0 Å². The maximum atomic E-state index is 12.4. The summed E-state index contributed by atoms with van der Waals surface area (Å²) in [4.78, 5) is 21.4. The highest BCUT2D eigenvalue weighted by Gasteiger charge is 2.25. The van der Waals surface area contributed by atoms with Crippen LogP contribution in [0.4, 0.5) is 5.82 Å². The third-order valence-electron chi connectivity index (χ3n) is 5.57. The Kier molecular flexibility index (Phi) is 4.74. The van der Waals surface area contributed by atoms with Crippen molar-refractivity contribution in [2.75, 3.05) is 5.32 Å². The van der Waals surface area contributed by atoms with E-state index in [1.54, 1.807) is 4.68 Å². The fraction of sp³-hybridized carbons (Fsp3) is 0.600. The lowest BCUT2D eigenvalue weighted by atomic mass is 9.91.